The number of benzene rings is 2. The van der Waals surface area contributed by atoms with E-state index in [9.17, 15) is 9.59 Å². The molecule has 0 spiro atoms. The normalized spacial score (nSPS) is 10.6. The molecular weight excluding hydrogens is 306 g/mol. The molecule has 0 atom stereocenters. The molecule has 0 bridgehead atoms. The van der Waals surface area contributed by atoms with Gasteiger partial charge in [-0.25, -0.2) is 4.79 Å². The lowest BCUT2D eigenvalue weighted by atomic mass is 10.2. The van der Waals surface area contributed by atoms with Gasteiger partial charge in [-0.1, -0.05) is 17.7 Å². The first-order chi connectivity index (χ1) is 11.5. The molecule has 2 aromatic carbocycles. The van der Waals surface area contributed by atoms with Crippen molar-refractivity contribution >= 4 is 23.3 Å². The third kappa shape index (κ3) is 4.45. The Balaban J connectivity index is 2.05. The number of aromatic carboxylic acids is 1. The molecule has 24 heavy (non-hydrogen) atoms. The van der Waals surface area contributed by atoms with Crippen LogP contribution in [0.5, 0.6) is 0 Å². The number of aryl methyl sites for hydroxylation is 1. The predicted octanol–water partition coefficient (Wildman–Crippen LogP) is 3.15. The fourth-order valence-corrected chi connectivity index (χ4v) is 1.85. The largest absolute Gasteiger partial charge is 0.478 e. The van der Waals surface area contributed by atoms with Gasteiger partial charge in [0.15, 0.2) is 0 Å². The van der Waals surface area contributed by atoms with Gasteiger partial charge in [-0.05, 0) is 43.3 Å². The second-order valence-electron chi connectivity index (χ2n) is 5.02. The van der Waals surface area contributed by atoms with E-state index in [4.69, 9.17) is 10.4 Å². The molecule has 6 heteroatoms. The molecule has 2 rings (SSSR count). The summed E-state index contributed by atoms with van der Waals surface area (Å²) in [5.41, 5.74) is 2.28. The zero-order valence-electron chi connectivity index (χ0n) is 12.9. The molecule has 120 valence electrons. The van der Waals surface area contributed by atoms with Crippen LogP contribution in [0.15, 0.2) is 60.3 Å². The van der Waals surface area contributed by atoms with E-state index >= 15 is 0 Å². The number of rotatable bonds is 5. The zero-order valence-corrected chi connectivity index (χ0v) is 12.9. The topological polar surface area (TPSA) is 102 Å². The van der Waals surface area contributed by atoms with E-state index in [1.165, 1.54) is 30.5 Å². The Kier molecular flexibility index (Phi) is 5.32. The highest BCUT2D eigenvalue weighted by atomic mass is 16.4. The summed E-state index contributed by atoms with van der Waals surface area (Å²) in [5, 5.41) is 23.4. The van der Waals surface area contributed by atoms with Gasteiger partial charge in [0.2, 0.25) is 0 Å². The van der Waals surface area contributed by atoms with Gasteiger partial charge in [-0.3, -0.25) is 4.79 Å². The van der Waals surface area contributed by atoms with Crippen LogP contribution in [-0.2, 0) is 4.79 Å². The van der Waals surface area contributed by atoms with E-state index in [0.717, 1.165) is 11.3 Å². The Hall–Kier alpha value is -3.59. The van der Waals surface area contributed by atoms with Gasteiger partial charge >= 0.3 is 5.97 Å². The van der Waals surface area contributed by atoms with Crippen molar-refractivity contribution in [1.29, 1.82) is 5.26 Å². The minimum absolute atomic E-state index is 0.0992. The summed E-state index contributed by atoms with van der Waals surface area (Å²) in [6, 6.07) is 15.0. The van der Waals surface area contributed by atoms with Crippen LogP contribution < -0.4 is 10.6 Å². The molecule has 0 heterocycles. The SMILES string of the molecule is Cc1ccc(N/C=C(/C#N)C(=O)Nc2ccc(C(=O)O)cc2)cc1. The fourth-order valence-electron chi connectivity index (χ4n) is 1.85. The molecule has 0 fully saturated rings. The summed E-state index contributed by atoms with van der Waals surface area (Å²) in [5.74, 6) is -1.63. The van der Waals surface area contributed by atoms with Crippen LogP contribution in [0, 0.1) is 18.3 Å². The number of carbonyl (C=O) groups is 2. The highest BCUT2D eigenvalue weighted by Crippen LogP contribution is 2.12. The number of hydrogen-bond acceptors (Lipinski definition) is 4. The van der Waals surface area contributed by atoms with E-state index in [-0.39, 0.29) is 11.1 Å². The lowest BCUT2D eigenvalue weighted by Crippen LogP contribution is -2.14. The molecule has 0 aromatic heterocycles. The highest BCUT2D eigenvalue weighted by molar-refractivity contribution is 6.06. The van der Waals surface area contributed by atoms with E-state index in [1.807, 2.05) is 37.3 Å². The number of carboxylic acids is 1. The van der Waals surface area contributed by atoms with Crippen LogP contribution in [0.1, 0.15) is 15.9 Å². The van der Waals surface area contributed by atoms with Crippen molar-refractivity contribution in [3.8, 4) is 6.07 Å². The first-order valence-corrected chi connectivity index (χ1v) is 7.08. The number of nitriles is 1. The minimum Gasteiger partial charge on any atom is -0.478 e. The molecule has 0 aliphatic carbocycles. The van der Waals surface area contributed by atoms with Crippen LogP contribution in [0.25, 0.3) is 0 Å². The summed E-state index contributed by atoms with van der Waals surface area (Å²) in [4.78, 5) is 22.9. The van der Waals surface area contributed by atoms with Crippen molar-refractivity contribution < 1.29 is 14.7 Å². The molecule has 0 saturated heterocycles. The molecule has 6 nitrogen and oxygen atoms in total. The Morgan fingerprint density at radius 3 is 2.17 bits per heavy atom. The average Bonchev–Trinajstić information content (AvgIpc) is 2.57. The van der Waals surface area contributed by atoms with Crippen LogP contribution in [0.4, 0.5) is 11.4 Å². The first-order valence-electron chi connectivity index (χ1n) is 7.08. The van der Waals surface area contributed by atoms with Crippen LogP contribution >= 0.6 is 0 Å². The van der Waals surface area contributed by atoms with Crippen LogP contribution in [0.2, 0.25) is 0 Å². The summed E-state index contributed by atoms with van der Waals surface area (Å²) in [6.45, 7) is 1.96. The summed E-state index contributed by atoms with van der Waals surface area (Å²) in [6.07, 6.45) is 1.33. The number of carbonyl (C=O) groups excluding carboxylic acids is 1. The molecule has 0 unspecified atom stereocenters. The number of nitrogens with zero attached hydrogens (tertiary/aromatic N) is 1. The van der Waals surface area contributed by atoms with E-state index in [2.05, 4.69) is 10.6 Å². The monoisotopic (exact) mass is 321 g/mol. The van der Waals surface area contributed by atoms with Crippen molar-refractivity contribution in [2.45, 2.75) is 6.92 Å². The Morgan fingerprint density at radius 1 is 1.04 bits per heavy atom. The lowest BCUT2D eigenvalue weighted by molar-refractivity contribution is -0.112. The summed E-state index contributed by atoms with van der Waals surface area (Å²) >= 11 is 0. The van der Waals surface area contributed by atoms with Crippen LogP contribution in [-0.4, -0.2) is 17.0 Å². The van der Waals surface area contributed by atoms with Gasteiger partial charge in [0, 0.05) is 17.6 Å². The molecule has 0 saturated carbocycles. The minimum atomic E-state index is -1.05. The summed E-state index contributed by atoms with van der Waals surface area (Å²) in [7, 11) is 0. The Bertz CT molecular complexity index is 816. The number of nitrogens with one attached hydrogen (secondary N) is 2. The first kappa shape index (κ1) is 16.8. The van der Waals surface area contributed by atoms with Gasteiger partial charge in [-0.2, -0.15) is 5.26 Å². The Morgan fingerprint density at radius 2 is 1.62 bits per heavy atom. The van der Waals surface area contributed by atoms with Gasteiger partial charge < -0.3 is 15.7 Å². The standard InChI is InChI=1S/C18H15N3O3/c1-12-2-6-15(7-3-12)20-11-14(10-19)17(22)21-16-8-4-13(5-9-16)18(23)24/h2-9,11,20H,1H3,(H,21,22)(H,23,24)/b14-11-. The maximum absolute atomic E-state index is 12.1. The van der Waals surface area contributed by atoms with Crippen molar-refractivity contribution in [1.82, 2.24) is 0 Å². The smallest absolute Gasteiger partial charge is 0.335 e. The maximum atomic E-state index is 12.1. The number of amides is 1. The average molecular weight is 321 g/mol. The second kappa shape index (κ2) is 7.61. The van der Waals surface area contributed by atoms with Crippen LogP contribution in [0.3, 0.4) is 0 Å². The van der Waals surface area contributed by atoms with Gasteiger partial charge in [0.25, 0.3) is 5.91 Å². The molecule has 0 aliphatic heterocycles. The van der Waals surface area contributed by atoms with Crippen molar-refractivity contribution in [2.24, 2.45) is 0 Å². The van der Waals surface area contributed by atoms with Crippen molar-refractivity contribution in [3.63, 3.8) is 0 Å². The van der Waals surface area contributed by atoms with Crippen molar-refractivity contribution in [3.05, 3.63) is 71.4 Å². The van der Waals surface area contributed by atoms with Gasteiger partial charge in [0.1, 0.15) is 11.6 Å². The number of anilines is 2. The van der Waals surface area contributed by atoms with E-state index in [1.54, 1.807) is 0 Å². The fraction of sp³-hybridized carbons (Fsp3) is 0.0556. The molecule has 3 N–H and O–H groups in total. The molecule has 2 aromatic rings. The molecule has 1 amide bonds. The summed E-state index contributed by atoms with van der Waals surface area (Å²) < 4.78 is 0. The second-order valence-corrected chi connectivity index (χ2v) is 5.02. The Labute approximate surface area is 139 Å². The number of hydrogen-bond donors (Lipinski definition) is 3. The van der Waals surface area contributed by atoms with E-state index < -0.39 is 11.9 Å². The molecule has 0 aliphatic rings. The van der Waals surface area contributed by atoms with E-state index in [0.29, 0.717) is 5.69 Å². The zero-order chi connectivity index (χ0) is 17.5. The van der Waals surface area contributed by atoms with Gasteiger partial charge in [-0.15, -0.1) is 0 Å². The molecular formula is C18H15N3O3. The van der Waals surface area contributed by atoms with Gasteiger partial charge in [0.05, 0.1) is 5.56 Å². The quantitative estimate of drug-likeness (QED) is 0.580. The third-order valence-electron chi connectivity index (χ3n) is 3.19. The molecule has 0 radical (unpaired) electrons. The predicted molar refractivity (Wildman–Crippen MR) is 90.5 cm³/mol. The maximum Gasteiger partial charge on any atom is 0.335 e. The highest BCUT2D eigenvalue weighted by Gasteiger charge is 2.10. The third-order valence-corrected chi connectivity index (χ3v) is 3.19. The lowest BCUT2D eigenvalue weighted by Gasteiger charge is -2.06. The number of carboxylic acid groups (broad SMARTS) is 1. The van der Waals surface area contributed by atoms with Crippen molar-refractivity contribution in [2.75, 3.05) is 10.6 Å².